The highest BCUT2D eigenvalue weighted by molar-refractivity contribution is 5.91. The average Bonchev–Trinajstić information content (AvgIpc) is 3.29. The van der Waals surface area contributed by atoms with Crippen LogP contribution >= 0.6 is 0 Å². The lowest BCUT2D eigenvalue weighted by molar-refractivity contribution is -0.134. The minimum Gasteiger partial charge on any atom is -0.488 e. The number of urea groups is 2. The molecule has 230 valence electrons. The monoisotopic (exact) mass is 584 g/mol. The van der Waals surface area contributed by atoms with Crippen molar-refractivity contribution < 1.29 is 28.8 Å². The molecule has 0 unspecified atom stereocenters. The lowest BCUT2D eigenvalue weighted by Gasteiger charge is -2.34. The molecule has 1 aromatic carbocycles. The minimum atomic E-state index is -0.475. The highest BCUT2D eigenvalue weighted by atomic mass is 16.5. The van der Waals surface area contributed by atoms with Crippen molar-refractivity contribution in [3.05, 3.63) is 35.2 Å². The number of aliphatic hydroxyl groups excluding tert-OH is 1. The van der Waals surface area contributed by atoms with E-state index in [1.54, 1.807) is 50.9 Å². The zero-order valence-electron chi connectivity index (χ0n) is 25.2. The van der Waals surface area contributed by atoms with Gasteiger partial charge in [-0.05, 0) is 51.8 Å². The fourth-order valence-corrected chi connectivity index (χ4v) is 5.54. The summed E-state index contributed by atoms with van der Waals surface area (Å²) in [6, 6.07) is 4.42. The predicted molar refractivity (Wildman–Crippen MR) is 159 cm³/mol. The molecule has 0 radical (unpaired) electrons. The number of fused-ring (bicyclic) bond motifs is 1. The number of likely N-dealkylation sites (N-methyl/N-ethyl adjacent to an activating group) is 1. The lowest BCUT2D eigenvalue weighted by atomic mass is 9.96. The van der Waals surface area contributed by atoms with Crippen LogP contribution in [0.3, 0.4) is 0 Å². The van der Waals surface area contributed by atoms with E-state index in [4.69, 9.17) is 9.26 Å². The molecule has 1 saturated carbocycles. The fraction of sp³-hybridized carbons (Fsp3) is 0.600. The maximum atomic E-state index is 13.5. The predicted octanol–water partition coefficient (Wildman–Crippen LogP) is 4.06. The topological polar surface area (TPSA) is 149 Å². The Labute approximate surface area is 247 Å². The molecule has 42 heavy (non-hydrogen) atoms. The number of aliphatic hydroxyl groups is 1. The maximum Gasteiger partial charge on any atom is 0.321 e. The van der Waals surface area contributed by atoms with E-state index in [-0.39, 0.29) is 49.5 Å². The Bertz CT molecular complexity index is 1240. The van der Waals surface area contributed by atoms with Crippen LogP contribution in [0, 0.1) is 19.8 Å². The van der Waals surface area contributed by atoms with Crippen LogP contribution in [-0.2, 0) is 11.2 Å². The Balaban J connectivity index is 1.54. The van der Waals surface area contributed by atoms with Crippen molar-refractivity contribution >= 4 is 29.3 Å². The largest absolute Gasteiger partial charge is 0.488 e. The summed E-state index contributed by atoms with van der Waals surface area (Å²) in [6.45, 7) is 7.64. The van der Waals surface area contributed by atoms with Gasteiger partial charge in [-0.2, -0.15) is 0 Å². The Morgan fingerprint density at radius 3 is 2.60 bits per heavy atom. The van der Waals surface area contributed by atoms with E-state index in [0.717, 1.165) is 25.7 Å². The number of benzene rings is 1. The van der Waals surface area contributed by atoms with Gasteiger partial charge in [0.1, 0.15) is 23.2 Å². The summed E-state index contributed by atoms with van der Waals surface area (Å²) >= 11 is 0. The van der Waals surface area contributed by atoms with Crippen molar-refractivity contribution in [2.24, 2.45) is 5.92 Å². The first-order valence-corrected chi connectivity index (χ1v) is 14.8. The molecule has 12 nitrogen and oxygen atoms in total. The molecule has 1 fully saturated rings. The Morgan fingerprint density at radius 2 is 1.93 bits per heavy atom. The Morgan fingerprint density at radius 1 is 1.19 bits per heavy atom. The molecule has 4 N–H and O–H groups in total. The number of amides is 5. The molecular formula is C30H44N6O6. The Hall–Kier alpha value is -3.80. The van der Waals surface area contributed by atoms with E-state index < -0.39 is 12.1 Å². The number of aryl methyl sites for hydroxylation is 2. The summed E-state index contributed by atoms with van der Waals surface area (Å²) in [5.74, 6) is 0.695. The molecule has 4 rings (SSSR count). The molecule has 12 heteroatoms. The van der Waals surface area contributed by atoms with Crippen molar-refractivity contribution in [3.8, 4) is 5.75 Å². The first-order valence-electron chi connectivity index (χ1n) is 14.8. The van der Waals surface area contributed by atoms with Gasteiger partial charge in [-0.15, -0.1) is 0 Å². The molecule has 0 spiro atoms. The molecule has 5 amide bonds. The molecule has 1 aliphatic heterocycles. The van der Waals surface area contributed by atoms with Gasteiger partial charge in [0.05, 0.1) is 25.6 Å². The molecule has 0 saturated heterocycles. The van der Waals surface area contributed by atoms with Crippen molar-refractivity contribution in [2.45, 2.75) is 84.4 Å². The summed E-state index contributed by atoms with van der Waals surface area (Å²) in [7, 11) is 1.67. The van der Waals surface area contributed by atoms with Gasteiger partial charge < -0.3 is 40.1 Å². The molecule has 1 aromatic heterocycles. The quantitative estimate of drug-likeness (QED) is 0.383. The summed E-state index contributed by atoms with van der Waals surface area (Å²) in [5.41, 5.74) is 2.29. The average molecular weight is 585 g/mol. The molecule has 3 atom stereocenters. The van der Waals surface area contributed by atoms with Gasteiger partial charge in [-0.1, -0.05) is 31.3 Å². The molecular weight excluding hydrogens is 540 g/mol. The number of hydrogen-bond acceptors (Lipinski definition) is 7. The number of aromatic nitrogens is 1. The van der Waals surface area contributed by atoms with Crippen molar-refractivity contribution in [3.63, 3.8) is 0 Å². The second-order valence-corrected chi connectivity index (χ2v) is 11.7. The van der Waals surface area contributed by atoms with Gasteiger partial charge in [-0.25, -0.2) is 9.59 Å². The SMILES string of the molecule is Cc1noc(C)c1NC(=O)N(C)C[C@H]1Oc2ccc(NC(=O)NC3CCCCC3)cc2CC(=O)N([C@H](C)CO)C[C@@H]1C. The zero-order valence-corrected chi connectivity index (χ0v) is 25.2. The maximum absolute atomic E-state index is 13.5. The molecule has 0 bridgehead atoms. The highest BCUT2D eigenvalue weighted by Crippen LogP contribution is 2.29. The number of carbonyl (C=O) groups excluding carboxylic acids is 3. The summed E-state index contributed by atoms with van der Waals surface area (Å²) < 4.78 is 11.7. The second-order valence-electron chi connectivity index (χ2n) is 11.7. The smallest absolute Gasteiger partial charge is 0.321 e. The van der Waals surface area contributed by atoms with Crippen LogP contribution < -0.4 is 20.7 Å². The second kappa shape index (κ2) is 13.9. The first kappa shape index (κ1) is 31.1. The highest BCUT2D eigenvalue weighted by Gasteiger charge is 2.32. The van der Waals surface area contributed by atoms with E-state index in [9.17, 15) is 19.5 Å². The number of rotatable bonds is 7. The van der Waals surface area contributed by atoms with Crippen LogP contribution in [0.25, 0.3) is 0 Å². The molecule has 2 heterocycles. The standard InChI is InChI=1S/C30H44N6O6/c1-18-15-36(19(2)17-37)27(38)14-22-13-24(32-29(39)31-23-9-7-6-8-10-23)11-12-25(22)41-26(18)16-35(5)30(40)33-28-20(3)34-42-21(28)4/h11-13,18-19,23,26,37H,6-10,14-17H2,1-5H3,(H,33,40)(H2,31,32,39)/t18-,19+,26+/m0/s1. The molecule has 2 aromatic rings. The van der Waals surface area contributed by atoms with E-state index in [1.165, 1.54) is 11.3 Å². The number of nitrogens with zero attached hydrogens (tertiary/aromatic N) is 3. The molecule has 2 aliphatic rings. The van der Waals surface area contributed by atoms with Gasteiger partial charge in [-0.3, -0.25) is 4.79 Å². The number of anilines is 2. The number of carbonyl (C=O) groups is 3. The van der Waals surface area contributed by atoms with Crippen molar-refractivity contribution in [2.75, 3.05) is 37.4 Å². The van der Waals surface area contributed by atoms with Gasteiger partial charge in [0, 0.05) is 36.8 Å². The van der Waals surface area contributed by atoms with Crippen LogP contribution in [0.15, 0.2) is 22.7 Å². The Kier molecular flexibility index (Phi) is 10.3. The van der Waals surface area contributed by atoms with Crippen molar-refractivity contribution in [1.82, 2.24) is 20.3 Å². The van der Waals surface area contributed by atoms with Crippen LogP contribution in [0.4, 0.5) is 21.0 Å². The molecule has 1 aliphatic carbocycles. The number of hydrogen-bond donors (Lipinski definition) is 4. The van der Waals surface area contributed by atoms with Crippen LogP contribution in [0.1, 0.15) is 63.0 Å². The van der Waals surface area contributed by atoms with Crippen LogP contribution in [0.5, 0.6) is 5.75 Å². The van der Waals surface area contributed by atoms with E-state index in [0.29, 0.717) is 40.7 Å². The summed E-state index contributed by atoms with van der Waals surface area (Å²) in [5, 5.41) is 22.6. The first-order chi connectivity index (χ1) is 20.0. The normalized spacial score (nSPS) is 20.3. The van der Waals surface area contributed by atoms with Gasteiger partial charge in [0.15, 0.2) is 5.76 Å². The van der Waals surface area contributed by atoms with Crippen LogP contribution in [0.2, 0.25) is 0 Å². The summed E-state index contributed by atoms with van der Waals surface area (Å²) in [4.78, 5) is 42.4. The summed E-state index contributed by atoms with van der Waals surface area (Å²) in [6.07, 6.45) is 4.95. The van der Waals surface area contributed by atoms with Gasteiger partial charge in [0.2, 0.25) is 5.91 Å². The fourth-order valence-electron chi connectivity index (χ4n) is 5.54. The minimum absolute atomic E-state index is 0.0429. The van der Waals surface area contributed by atoms with Gasteiger partial charge >= 0.3 is 12.1 Å². The van der Waals surface area contributed by atoms with E-state index in [2.05, 4.69) is 21.1 Å². The van der Waals surface area contributed by atoms with E-state index in [1.807, 2.05) is 6.92 Å². The third kappa shape index (κ3) is 7.72. The zero-order chi connectivity index (χ0) is 30.4. The third-order valence-electron chi connectivity index (χ3n) is 8.18. The van der Waals surface area contributed by atoms with Crippen molar-refractivity contribution in [1.29, 1.82) is 0 Å². The van der Waals surface area contributed by atoms with E-state index >= 15 is 0 Å². The van der Waals surface area contributed by atoms with Crippen LogP contribution in [-0.4, -0.2) is 83.0 Å². The lowest BCUT2D eigenvalue weighted by Crippen LogP contribution is -2.48. The third-order valence-corrected chi connectivity index (χ3v) is 8.18. The number of ether oxygens (including phenoxy) is 1. The van der Waals surface area contributed by atoms with Gasteiger partial charge in [0.25, 0.3) is 0 Å². The number of nitrogens with one attached hydrogen (secondary N) is 3.